The van der Waals surface area contributed by atoms with Gasteiger partial charge in [0.15, 0.2) is 0 Å². The van der Waals surface area contributed by atoms with Gasteiger partial charge in [0.25, 0.3) is 0 Å². The standard InChI is InChI=1S/C22H32ClO2PSi/c1-24-27(23,25-2)20-14-6-4-3-5-13-19-26(21-15-9-7-10-16-21)22-17-11-8-12-18-22/h7-12,15-18H,3-6,13-14,19-20H2,1-2H3. The van der Waals surface area contributed by atoms with Crippen LogP contribution in [0.25, 0.3) is 0 Å². The molecule has 27 heavy (non-hydrogen) atoms. The highest BCUT2D eigenvalue weighted by Crippen LogP contribution is 2.34. The summed E-state index contributed by atoms with van der Waals surface area (Å²) in [6.07, 6.45) is 8.73. The monoisotopic (exact) mass is 422 g/mol. The lowest BCUT2D eigenvalue weighted by Gasteiger charge is -2.19. The fourth-order valence-corrected chi connectivity index (χ4v) is 7.29. The number of hydrogen-bond donors (Lipinski definition) is 0. The zero-order valence-corrected chi connectivity index (χ0v) is 19.2. The van der Waals surface area contributed by atoms with Crippen molar-refractivity contribution in [3.63, 3.8) is 0 Å². The topological polar surface area (TPSA) is 18.5 Å². The Morgan fingerprint density at radius 3 is 1.63 bits per heavy atom. The molecule has 0 spiro atoms. The molecule has 0 unspecified atom stereocenters. The maximum atomic E-state index is 6.32. The van der Waals surface area contributed by atoms with Crippen LogP contribution in [0.3, 0.4) is 0 Å². The first-order chi connectivity index (χ1) is 13.2. The van der Waals surface area contributed by atoms with Crippen LogP contribution in [0.1, 0.15) is 38.5 Å². The van der Waals surface area contributed by atoms with Crippen molar-refractivity contribution in [3.8, 4) is 0 Å². The molecule has 5 heteroatoms. The zero-order valence-electron chi connectivity index (χ0n) is 16.6. The van der Waals surface area contributed by atoms with E-state index in [1.165, 1.54) is 48.9 Å². The SMILES string of the molecule is CO[Si](Cl)(CCCCCCCCP(c1ccccc1)c1ccccc1)OC. The molecular formula is C22H32ClO2PSi. The predicted molar refractivity (Wildman–Crippen MR) is 122 cm³/mol. The first kappa shape index (κ1) is 22.6. The van der Waals surface area contributed by atoms with Gasteiger partial charge >= 0.3 is 7.87 Å². The molecule has 0 N–H and O–H groups in total. The molecule has 2 aromatic carbocycles. The van der Waals surface area contributed by atoms with Crippen LogP contribution in [-0.2, 0) is 8.85 Å². The summed E-state index contributed by atoms with van der Waals surface area (Å²) >= 11 is 6.32. The molecule has 0 fully saturated rings. The van der Waals surface area contributed by atoms with Gasteiger partial charge in [0.1, 0.15) is 0 Å². The van der Waals surface area contributed by atoms with Gasteiger partial charge in [-0.15, -0.1) is 0 Å². The molecule has 0 aromatic heterocycles. The fourth-order valence-electron chi connectivity index (χ4n) is 3.22. The molecule has 0 saturated heterocycles. The lowest BCUT2D eigenvalue weighted by atomic mass is 10.1. The number of benzene rings is 2. The number of rotatable bonds is 13. The van der Waals surface area contributed by atoms with E-state index in [-0.39, 0.29) is 7.92 Å². The van der Waals surface area contributed by atoms with Crippen molar-refractivity contribution in [2.75, 3.05) is 20.4 Å². The van der Waals surface area contributed by atoms with E-state index in [9.17, 15) is 0 Å². The van der Waals surface area contributed by atoms with E-state index < -0.39 is 7.87 Å². The van der Waals surface area contributed by atoms with E-state index in [2.05, 4.69) is 60.7 Å². The summed E-state index contributed by atoms with van der Waals surface area (Å²) in [5.74, 6) is 0. The Morgan fingerprint density at radius 2 is 1.15 bits per heavy atom. The van der Waals surface area contributed by atoms with Crippen molar-refractivity contribution in [1.82, 2.24) is 0 Å². The lowest BCUT2D eigenvalue weighted by Crippen LogP contribution is -2.32. The Hall–Kier alpha value is -0.703. The van der Waals surface area contributed by atoms with E-state index in [4.69, 9.17) is 19.9 Å². The van der Waals surface area contributed by atoms with Crippen molar-refractivity contribution < 1.29 is 8.85 Å². The molecule has 0 aliphatic rings. The number of unbranched alkanes of at least 4 members (excludes halogenated alkanes) is 5. The van der Waals surface area contributed by atoms with Crippen molar-refractivity contribution in [1.29, 1.82) is 0 Å². The first-order valence-corrected chi connectivity index (χ1v) is 14.4. The summed E-state index contributed by atoms with van der Waals surface area (Å²) < 4.78 is 10.7. The van der Waals surface area contributed by atoms with Crippen LogP contribution in [0.2, 0.25) is 6.04 Å². The second kappa shape index (κ2) is 12.7. The van der Waals surface area contributed by atoms with Crippen molar-refractivity contribution in [2.24, 2.45) is 0 Å². The fraction of sp³-hybridized carbons (Fsp3) is 0.455. The summed E-state index contributed by atoms with van der Waals surface area (Å²) in [5.41, 5.74) is 0. The van der Waals surface area contributed by atoms with Gasteiger partial charge < -0.3 is 8.85 Å². The maximum Gasteiger partial charge on any atom is 0.442 e. The normalized spacial score (nSPS) is 11.9. The van der Waals surface area contributed by atoms with Crippen molar-refractivity contribution in [2.45, 2.75) is 44.6 Å². The Kier molecular flexibility index (Phi) is 10.6. The predicted octanol–water partition coefficient (Wildman–Crippen LogP) is 5.93. The van der Waals surface area contributed by atoms with Gasteiger partial charge in [-0.05, 0) is 31.1 Å². The number of hydrogen-bond acceptors (Lipinski definition) is 2. The highest BCUT2D eigenvalue weighted by Gasteiger charge is 2.32. The van der Waals surface area contributed by atoms with Gasteiger partial charge in [-0.2, -0.15) is 0 Å². The highest BCUT2D eigenvalue weighted by molar-refractivity contribution is 7.73. The molecule has 0 amide bonds. The van der Waals surface area contributed by atoms with Crippen LogP contribution in [0, 0.1) is 0 Å². The van der Waals surface area contributed by atoms with Crippen LogP contribution >= 0.6 is 19.0 Å². The molecule has 2 nitrogen and oxygen atoms in total. The molecule has 0 saturated carbocycles. The molecule has 2 aromatic rings. The second-order valence-electron chi connectivity index (χ2n) is 6.76. The summed E-state index contributed by atoms with van der Waals surface area (Å²) in [6.45, 7) is 0. The van der Waals surface area contributed by atoms with E-state index in [1.807, 2.05) is 0 Å². The largest absolute Gasteiger partial charge is 0.442 e. The Balaban J connectivity index is 1.71. The molecule has 0 heterocycles. The quantitative estimate of drug-likeness (QED) is 0.172. The van der Waals surface area contributed by atoms with Gasteiger partial charge in [0, 0.05) is 20.3 Å². The highest BCUT2D eigenvalue weighted by atomic mass is 35.6. The van der Waals surface area contributed by atoms with E-state index in [0.717, 1.165) is 12.5 Å². The molecule has 0 radical (unpaired) electrons. The van der Waals surface area contributed by atoms with Crippen LogP contribution in [-0.4, -0.2) is 28.3 Å². The average molecular weight is 423 g/mol. The molecule has 0 aliphatic heterocycles. The average Bonchev–Trinajstić information content (AvgIpc) is 2.73. The third-order valence-electron chi connectivity index (χ3n) is 4.85. The molecule has 0 aliphatic carbocycles. The molecular weight excluding hydrogens is 391 g/mol. The maximum absolute atomic E-state index is 6.32. The van der Waals surface area contributed by atoms with Crippen molar-refractivity contribution in [3.05, 3.63) is 60.7 Å². The summed E-state index contributed by atoms with van der Waals surface area (Å²) in [5, 5.41) is 2.97. The Labute approximate surface area is 172 Å². The zero-order chi connectivity index (χ0) is 19.4. The minimum atomic E-state index is -2.39. The van der Waals surface area contributed by atoms with Gasteiger partial charge in [-0.1, -0.05) is 104 Å². The summed E-state index contributed by atoms with van der Waals surface area (Å²) in [6, 6.07) is 22.9. The minimum absolute atomic E-state index is 0.243. The van der Waals surface area contributed by atoms with E-state index in [0.29, 0.717) is 0 Å². The Morgan fingerprint density at radius 1 is 0.704 bits per heavy atom. The van der Waals surface area contributed by atoms with E-state index in [1.54, 1.807) is 14.2 Å². The third kappa shape index (κ3) is 8.05. The van der Waals surface area contributed by atoms with Crippen LogP contribution in [0.5, 0.6) is 0 Å². The number of halogens is 1. The van der Waals surface area contributed by atoms with Gasteiger partial charge in [-0.25, -0.2) is 0 Å². The van der Waals surface area contributed by atoms with Gasteiger partial charge in [0.2, 0.25) is 0 Å². The molecule has 148 valence electrons. The summed E-state index contributed by atoms with van der Waals surface area (Å²) in [4.78, 5) is 0. The smallest absolute Gasteiger partial charge is 0.386 e. The van der Waals surface area contributed by atoms with Gasteiger partial charge in [0.05, 0.1) is 0 Å². The summed E-state index contributed by atoms with van der Waals surface area (Å²) in [7, 11) is 0.675. The van der Waals surface area contributed by atoms with Crippen molar-refractivity contribution >= 4 is 37.5 Å². The third-order valence-corrected chi connectivity index (χ3v) is 11.1. The molecule has 2 rings (SSSR count). The molecule has 0 atom stereocenters. The first-order valence-electron chi connectivity index (χ1n) is 9.85. The van der Waals surface area contributed by atoms with Crippen LogP contribution in [0.15, 0.2) is 60.7 Å². The van der Waals surface area contributed by atoms with Gasteiger partial charge in [-0.3, -0.25) is 0 Å². The second-order valence-corrected chi connectivity index (χ2v) is 13.5. The lowest BCUT2D eigenvalue weighted by molar-refractivity contribution is 0.264. The minimum Gasteiger partial charge on any atom is -0.386 e. The van der Waals surface area contributed by atoms with Crippen LogP contribution in [0.4, 0.5) is 0 Å². The Bertz CT molecular complexity index is 583. The molecule has 0 bridgehead atoms. The van der Waals surface area contributed by atoms with Crippen LogP contribution < -0.4 is 10.6 Å². The van der Waals surface area contributed by atoms with E-state index >= 15 is 0 Å².